The van der Waals surface area contributed by atoms with Crippen LogP contribution in [0.1, 0.15) is 55.7 Å². The normalized spacial score (nSPS) is 16.6. The van der Waals surface area contributed by atoms with E-state index in [2.05, 4.69) is 29.4 Å². The second kappa shape index (κ2) is 9.44. The second-order valence-corrected chi connectivity index (χ2v) is 7.40. The Kier molecular flexibility index (Phi) is 6.73. The third-order valence-corrected chi connectivity index (χ3v) is 5.07. The summed E-state index contributed by atoms with van der Waals surface area (Å²) in [5.41, 5.74) is 0.598. The van der Waals surface area contributed by atoms with Gasteiger partial charge in [-0.05, 0) is 47.7 Å². The van der Waals surface area contributed by atoms with Crippen LogP contribution in [0.15, 0.2) is 18.2 Å². The molecule has 1 aromatic heterocycles. The van der Waals surface area contributed by atoms with Gasteiger partial charge in [-0.3, -0.25) is 10.1 Å². The number of hydrogen-bond acceptors (Lipinski definition) is 8. The molecular weight excluding hydrogens is 376 g/mol. The van der Waals surface area contributed by atoms with E-state index in [1.807, 2.05) is 4.90 Å². The van der Waals surface area contributed by atoms with Crippen LogP contribution in [0.5, 0.6) is 0 Å². The van der Waals surface area contributed by atoms with Crippen LogP contribution in [0.3, 0.4) is 0 Å². The lowest BCUT2D eigenvalue weighted by atomic mass is 9.99. The Morgan fingerprint density at radius 3 is 2.97 bits per heavy atom. The number of nitrogens with zero attached hydrogens (tertiary/aromatic N) is 6. The first-order chi connectivity index (χ1) is 14.0. The van der Waals surface area contributed by atoms with Crippen LogP contribution < -0.4 is 4.90 Å². The maximum atomic E-state index is 12.4. The number of piperidine rings is 1. The topological polar surface area (TPSA) is 116 Å². The van der Waals surface area contributed by atoms with Crippen molar-refractivity contribution < 1.29 is 14.5 Å². The number of nitro groups is 1. The van der Waals surface area contributed by atoms with Crippen molar-refractivity contribution in [3.8, 4) is 0 Å². The molecule has 156 valence electrons. The highest BCUT2D eigenvalue weighted by molar-refractivity contribution is 5.91. The maximum Gasteiger partial charge on any atom is 0.338 e. The molecule has 1 atom stereocenters. The van der Waals surface area contributed by atoms with Crippen molar-refractivity contribution in [3.05, 3.63) is 39.7 Å². The van der Waals surface area contributed by atoms with E-state index < -0.39 is 10.9 Å². The molecule has 1 saturated heterocycles. The van der Waals surface area contributed by atoms with E-state index in [9.17, 15) is 14.9 Å². The third-order valence-electron chi connectivity index (χ3n) is 5.07. The van der Waals surface area contributed by atoms with Gasteiger partial charge in [-0.1, -0.05) is 20.3 Å². The number of carbonyl (C=O) groups excluding carboxylic acids is 1. The number of unbranched alkanes of at least 4 members (excludes halogenated alkanes) is 1. The zero-order chi connectivity index (χ0) is 20.8. The highest BCUT2D eigenvalue weighted by Crippen LogP contribution is 2.32. The first-order valence-corrected chi connectivity index (χ1v) is 9.95. The van der Waals surface area contributed by atoms with Gasteiger partial charge in [-0.25, -0.2) is 9.48 Å². The van der Waals surface area contributed by atoms with Crippen LogP contribution >= 0.6 is 0 Å². The van der Waals surface area contributed by atoms with E-state index in [0.29, 0.717) is 24.0 Å². The number of tetrazole rings is 1. The van der Waals surface area contributed by atoms with Gasteiger partial charge in [0.15, 0.2) is 12.4 Å². The summed E-state index contributed by atoms with van der Waals surface area (Å²) in [6, 6.07) is 4.50. The predicted molar refractivity (Wildman–Crippen MR) is 106 cm³/mol. The largest absolute Gasteiger partial charge is 0.454 e. The smallest absolute Gasteiger partial charge is 0.338 e. The SMILES string of the molecule is CCCCn1nnnc1COC(=O)c1ccc(N2CCC[C@H](C)C2)c([N+](=O)[O-])c1. The molecule has 0 radical (unpaired) electrons. The molecule has 10 nitrogen and oxygen atoms in total. The lowest BCUT2D eigenvalue weighted by molar-refractivity contribution is -0.384. The van der Waals surface area contributed by atoms with Gasteiger partial charge >= 0.3 is 5.97 Å². The number of anilines is 1. The Balaban J connectivity index is 1.72. The van der Waals surface area contributed by atoms with E-state index >= 15 is 0 Å². The molecule has 2 heterocycles. The fourth-order valence-corrected chi connectivity index (χ4v) is 3.49. The lowest BCUT2D eigenvalue weighted by Crippen LogP contribution is -2.34. The van der Waals surface area contributed by atoms with Crippen LogP contribution in [0.25, 0.3) is 0 Å². The van der Waals surface area contributed by atoms with Gasteiger partial charge in [0.2, 0.25) is 0 Å². The number of rotatable bonds is 8. The number of aryl methyl sites for hydroxylation is 1. The fourth-order valence-electron chi connectivity index (χ4n) is 3.49. The number of nitro benzene ring substituents is 1. The molecule has 0 aliphatic carbocycles. The zero-order valence-electron chi connectivity index (χ0n) is 16.8. The molecule has 0 bridgehead atoms. The molecule has 1 aliphatic rings. The van der Waals surface area contributed by atoms with Crippen LogP contribution in [0.2, 0.25) is 0 Å². The average molecular weight is 402 g/mol. The number of carbonyl (C=O) groups is 1. The van der Waals surface area contributed by atoms with Gasteiger partial charge < -0.3 is 9.64 Å². The Bertz CT molecular complexity index is 868. The Morgan fingerprint density at radius 2 is 2.24 bits per heavy atom. The van der Waals surface area contributed by atoms with Crippen molar-refractivity contribution in [1.29, 1.82) is 0 Å². The van der Waals surface area contributed by atoms with Crippen molar-refractivity contribution in [3.63, 3.8) is 0 Å². The molecule has 3 rings (SSSR count). The molecule has 10 heteroatoms. The Hall–Kier alpha value is -3.04. The summed E-state index contributed by atoms with van der Waals surface area (Å²) in [6.45, 7) is 6.29. The summed E-state index contributed by atoms with van der Waals surface area (Å²) in [5.74, 6) is 0.281. The molecule has 0 saturated carbocycles. The minimum Gasteiger partial charge on any atom is -0.454 e. The van der Waals surface area contributed by atoms with Crippen molar-refractivity contribution in [1.82, 2.24) is 20.2 Å². The average Bonchev–Trinajstić information content (AvgIpc) is 3.17. The molecule has 0 N–H and O–H groups in total. The molecule has 29 heavy (non-hydrogen) atoms. The quantitative estimate of drug-likeness (QED) is 0.376. The van der Waals surface area contributed by atoms with E-state index in [0.717, 1.165) is 38.8 Å². The van der Waals surface area contributed by atoms with Crippen LogP contribution in [-0.4, -0.2) is 44.2 Å². The van der Waals surface area contributed by atoms with Gasteiger partial charge in [0.1, 0.15) is 5.69 Å². The Morgan fingerprint density at radius 1 is 1.41 bits per heavy atom. The number of aromatic nitrogens is 4. The molecule has 1 aliphatic heterocycles. The van der Waals surface area contributed by atoms with Gasteiger partial charge in [0.25, 0.3) is 5.69 Å². The molecule has 2 aromatic rings. The monoisotopic (exact) mass is 402 g/mol. The van der Waals surface area contributed by atoms with E-state index in [1.54, 1.807) is 16.8 Å². The highest BCUT2D eigenvalue weighted by Gasteiger charge is 2.25. The first-order valence-electron chi connectivity index (χ1n) is 9.95. The third kappa shape index (κ3) is 5.07. The minimum absolute atomic E-state index is 0.0821. The molecule has 0 amide bonds. The van der Waals surface area contributed by atoms with Crippen LogP contribution in [0.4, 0.5) is 11.4 Å². The van der Waals surface area contributed by atoms with Gasteiger partial charge in [0.05, 0.1) is 10.5 Å². The number of esters is 1. The summed E-state index contributed by atoms with van der Waals surface area (Å²) in [4.78, 5) is 25.6. The van der Waals surface area contributed by atoms with Crippen molar-refractivity contribution in [2.75, 3.05) is 18.0 Å². The van der Waals surface area contributed by atoms with Gasteiger partial charge in [0, 0.05) is 25.7 Å². The van der Waals surface area contributed by atoms with Crippen molar-refractivity contribution in [2.24, 2.45) is 5.92 Å². The molecule has 1 fully saturated rings. The van der Waals surface area contributed by atoms with Crippen molar-refractivity contribution in [2.45, 2.75) is 52.7 Å². The summed E-state index contributed by atoms with van der Waals surface area (Å²) in [7, 11) is 0. The van der Waals surface area contributed by atoms with Gasteiger partial charge in [-0.15, -0.1) is 5.10 Å². The summed E-state index contributed by atoms with van der Waals surface area (Å²) >= 11 is 0. The summed E-state index contributed by atoms with van der Waals surface area (Å²) in [6.07, 6.45) is 4.01. The number of hydrogen-bond donors (Lipinski definition) is 0. The molecule has 0 unspecified atom stereocenters. The van der Waals surface area contributed by atoms with Crippen molar-refractivity contribution >= 4 is 17.3 Å². The van der Waals surface area contributed by atoms with Gasteiger partial charge in [-0.2, -0.15) is 0 Å². The standard InChI is InChI=1S/C19H26N6O4/c1-3-4-10-24-18(20-21-22-24)13-29-19(26)15-7-8-16(17(11-15)25(27)28)23-9-5-6-14(2)12-23/h7-8,11,14H,3-6,9-10,12-13H2,1-2H3/t14-/m0/s1. The van der Waals surface area contributed by atoms with Crippen LogP contribution in [0, 0.1) is 16.0 Å². The minimum atomic E-state index is -0.642. The lowest BCUT2D eigenvalue weighted by Gasteiger charge is -2.32. The molecular formula is C19H26N6O4. The van der Waals surface area contributed by atoms with E-state index in [4.69, 9.17) is 4.74 Å². The summed E-state index contributed by atoms with van der Waals surface area (Å²) < 4.78 is 6.89. The second-order valence-electron chi connectivity index (χ2n) is 7.40. The fraction of sp³-hybridized carbons (Fsp3) is 0.579. The van der Waals surface area contributed by atoms with Crippen LogP contribution in [-0.2, 0) is 17.9 Å². The molecule has 1 aromatic carbocycles. The number of benzene rings is 1. The maximum absolute atomic E-state index is 12.4. The predicted octanol–water partition coefficient (Wildman–Crippen LogP) is 2.97. The van der Waals surface area contributed by atoms with E-state index in [1.165, 1.54) is 6.07 Å². The van der Waals surface area contributed by atoms with E-state index in [-0.39, 0.29) is 17.9 Å². The highest BCUT2D eigenvalue weighted by atomic mass is 16.6. The molecule has 0 spiro atoms. The number of ether oxygens (including phenoxy) is 1. The first kappa shape index (κ1) is 20.7. The summed E-state index contributed by atoms with van der Waals surface area (Å²) in [5, 5.41) is 23.0. The Labute approximate surface area is 169 Å². The zero-order valence-corrected chi connectivity index (χ0v) is 16.8.